The molecule has 0 unspecified atom stereocenters. The van der Waals surface area contributed by atoms with Crippen LogP contribution in [0.5, 0.6) is 0 Å². The normalized spacial score (nSPS) is 29.1. The summed E-state index contributed by atoms with van der Waals surface area (Å²) in [6, 6.07) is -0.0793. The van der Waals surface area contributed by atoms with E-state index in [4.69, 9.17) is 9.84 Å². The monoisotopic (exact) mass is 395 g/mol. The zero-order valence-electron chi connectivity index (χ0n) is 16.1. The molecule has 0 spiro atoms. The van der Waals surface area contributed by atoms with E-state index in [2.05, 4.69) is 26.3 Å². The molecule has 4 atom stereocenters. The third-order valence-corrected chi connectivity index (χ3v) is 5.70. The van der Waals surface area contributed by atoms with E-state index in [1.165, 1.54) is 0 Å². The molecule has 10 nitrogen and oxygen atoms in total. The second-order valence-corrected chi connectivity index (χ2v) is 7.56. The highest BCUT2D eigenvalue weighted by atomic mass is 16.5. The minimum absolute atomic E-state index is 0.146. The van der Waals surface area contributed by atoms with Crippen LogP contribution in [-0.4, -0.2) is 67.4 Å². The van der Waals surface area contributed by atoms with E-state index < -0.39 is 12.1 Å². The number of aliphatic carboxylic acids is 1. The lowest BCUT2D eigenvalue weighted by Crippen LogP contribution is -2.46. The molecule has 0 bridgehead atoms. The molecule has 0 aromatic heterocycles. The van der Waals surface area contributed by atoms with Crippen molar-refractivity contribution in [2.45, 2.75) is 44.7 Å². The molecule has 1 heterocycles. The average molecular weight is 395 g/mol. The topological polar surface area (TPSA) is 141 Å². The average Bonchev–Trinajstić information content (AvgIpc) is 3.02. The van der Waals surface area contributed by atoms with Gasteiger partial charge >= 0.3 is 12.1 Å². The highest BCUT2D eigenvalue weighted by Crippen LogP contribution is 2.52. The molecule has 156 valence electrons. The smallest absolute Gasteiger partial charge is 0.413 e. The molecule has 3 fully saturated rings. The van der Waals surface area contributed by atoms with Crippen LogP contribution >= 0.6 is 0 Å². The number of amides is 2. The van der Waals surface area contributed by atoms with E-state index in [1.54, 1.807) is 6.92 Å². The molecule has 1 aliphatic heterocycles. The molecule has 1 saturated heterocycles. The first kappa shape index (κ1) is 20.4. The van der Waals surface area contributed by atoms with Crippen LogP contribution in [0.4, 0.5) is 4.79 Å². The van der Waals surface area contributed by atoms with Gasteiger partial charge in [-0.1, -0.05) is 12.8 Å². The number of carboxylic acids is 1. The minimum atomic E-state index is -1.06. The zero-order chi connectivity index (χ0) is 20.1. The van der Waals surface area contributed by atoms with Crippen LogP contribution in [0.3, 0.4) is 0 Å². The molecule has 0 aromatic rings. The molecule has 3 aliphatic rings. The Labute approximate surface area is 163 Å². The van der Waals surface area contributed by atoms with Gasteiger partial charge in [0.05, 0.1) is 12.6 Å². The fraction of sp³-hybridized carbons (Fsp3) is 0.778. The van der Waals surface area contributed by atoms with Gasteiger partial charge in [0.25, 0.3) is 0 Å². The van der Waals surface area contributed by atoms with E-state index in [0.717, 1.165) is 25.7 Å². The van der Waals surface area contributed by atoms with E-state index in [-0.39, 0.29) is 36.9 Å². The zero-order valence-corrected chi connectivity index (χ0v) is 16.1. The van der Waals surface area contributed by atoms with Crippen molar-refractivity contribution in [3.05, 3.63) is 0 Å². The second-order valence-electron chi connectivity index (χ2n) is 7.56. The summed E-state index contributed by atoms with van der Waals surface area (Å²) in [6.45, 7) is 2.87. The van der Waals surface area contributed by atoms with Gasteiger partial charge < -0.3 is 25.8 Å². The number of ether oxygens (including phenoxy) is 1. The quantitative estimate of drug-likeness (QED) is 0.293. The third kappa shape index (κ3) is 5.12. The maximum absolute atomic E-state index is 12.2. The largest absolute Gasteiger partial charge is 0.480 e. The molecular formula is C18H29N5O5. The molecule has 0 radical (unpaired) electrons. The van der Waals surface area contributed by atoms with Crippen molar-refractivity contribution in [3.8, 4) is 0 Å². The number of hydrogen-bond donors (Lipinski definition) is 5. The van der Waals surface area contributed by atoms with Crippen molar-refractivity contribution in [1.29, 1.82) is 0 Å². The number of fused-ring (bicyclic) bond motifs is 1. The van der Waals surface area contributed by atoms with Crippen LogP contribution < -0.4 is 21.3 Å². The third-order valence-electron chi connectivity index (χ3n) is 5.70. The van der Waals surface area contributed by atoms with Gasteiger partial charge in [0, 0.05) is 12.6 Å². The Bertz CT molecular complexity index is 634. The Morgan fingerprint density at radius 3 is 2.68 bits per heavy atom. The van der Waals surface area contributed by atoms with Crippen LogP contribution in [0, 0.1) is 17.8 Å². The Kier molecular flexibility index (Phi) is 6.71. The molecule has 2 aliphatic carbocycles. The van der Waals surface area contributed by atoms with E-state index in [9.17, 15) is 14.4 Å². The summed E-state index contributed by atoms with van der Waals surface area (Å²) >= 11 is 0. The molecule has 0 aromatic carbocycles. The highest BCUT2D eigenvalue weighted by molar-refractivity contribution is 5.94. The summed E-state index contributed by atoms with van der Waals surface area (Å²) in [5.74, 6) is -0.184. The van der Waals surface area contributed by atoms with E-state index in [0.29, 0.717) is 31.0 Å². The summed E-state index contributed by atoms with van der Waals surface area (Å²) in [5, 5.41) is 20.3. The number of nitrogens with zero attached hydrogens (tertiary/aromatic N) is 1. The Balaban J connectivity index is 1.54. The van der Waals surface area contributed by atoms with Crippen molar-refractivity contribution in [3.63, 3.8) is 0 Å². The van der Waals surface area contributed by atoms with Crippen molar-refractivity contribution in [2.75, 3.05) is 26.2 Å². The van der Waals surface area contributed by atoms with Crippen molar-refractivity contribution in [1.82, 2.24) is 21.3 Å². The van der Waals surface area contributed by atoms with Gasteiger partial charge in [0.2, 0.25) is 11.9 Å². The number of nitrogens with one attached hydrogen (secondary N) is 4. The molecule has 10 heteroatoms. The molecular weight excluding hydrogens is 366 g/mol. The van der Waals surface area contributed by atoms with Gasteiger partial charge in [0.1, 0.15) is 6.54 Å². The standard InChI is InChI=1S/C18H29N5O5/c1-2-28-18(27)23-17(22-10-5-3-4-6-10)21-8-12-11-7-19-15(14(11)12)16(26)20-9-13(24)25/h10-12,14-15,19H,2-9H2,1H3,(H,20,26)(H,24,25)(H2,21,22,23,27)/t11-,12-,14-,15+/m1/s1. The molecule has 2 saturated carbocycles. The lowest BCUT2D eigenvalue weighted by molar-refractivity contribution is -0.138. The van der Waals surface area contributed by atoms with Crippen LogP contribution in [0.1, 0.15) is 32.6 Å². The van der Waals surface area contributed by atoms with Crippen LogP contribution in [-0.2, 0) is 14.3 Å². The lowest BCUT2D eigenvalue weighted by Gasteiger charge is -2.17. The molecule has 2 amide bonds. The summed E-state index contributed by atoms with van der Waals surface area (Å²) in [5.41, 5.74) is 0. The molecule has 28 heavy (non-hydrogen) atoms. The summed E-state index contributed by atoms with van der Waals surface area (Å²) in [7, 11) is 0. The molecule has 5 N–H and O–H groups in total. The minimum Gasteiger partial charge on any atom is -0.480 e. The highest BCUT2D eigenvalue weighted by Gasteiger charge is 2.59. The Morgan fingerprint density at radius 2 is 2.00 bits per heavy atom. The fourth-order valence-corrected chi connectivity index (χ4v) is 4.30. The first-order chi connectivity index (χ1) is 13.5. The number of alkyl carbamates (subject to hydrolysis) is 1. The van der Waals surface area contributed by atoms with E-state index in [1.807, 2.05) is 0 Å². The number of aliphatic imine (C=N–C) groups is 1. The number of piperidine rings is 1. The first-order valence-corrected chi connectivity index (χ1v) is 9.97. The second kappa shape index (κ2) is 9.22. The summed E-state index contributed by atoms with van der Waals surface area (Å²) in [4.78, 5) is 39.1. The number of guanidine groups is 1. The number of hydrogen-bond acceptors (Lipinski definition) is 6. The van der Waals surface area contributed by atoms with Gasteiger partial charge in [0.15, 0.2) is 0 Å². The van der Waals surface area contributed by atoms with Crippen LogP contribution in [0.15, 0.2) is 4.99 Å². The summed E-state index contributed by atoms with van der Waals surface area (Å²) in [6.07, 6.45) is 3.89. The number of carbonyl (C=O) groups excluding carboxylic acids is 2. The number of carbonyl (C=O) groups is 3. The van der Waals surface area contributed by atoms with Crippen molar-refractivity contribution >= 4 is 23.9 Å². The maximum atomic E-state index is 12.2. The van der Waals surface area contributed by atoms with E-state index >= 15 is 0 Å². The predicted molar refractivity (Wildman–Crippen MR) is 101 cm³/mol. The van der Waals surface area contributed by atoms with Gasteiger partial charge in [-0.15, -0.1) is 0 Å². The van der Waals surface area contributed by atoms with Crippen molar-refractivity contribution in [2.24, 2.45) is 22.7 Å². The van der Waals surface area contributed by atoms with Crippen LogP contribution in [0.2, 0.25) is 0 Å². The van der Waals surface area contributed by atoms with Gasteiger partial charge in [-0.25, -0.2) is 4.79 Å². The van der Waals surface area contributed by atoms with Gasteiger partial charge in [-0.05, 0) is 44.1 Å². The molecule has 3 rings (SSSR count). The maximum Gasteiger partial charge on any atom is 0.413 e. The summed E-state index contributed by atoms with van der Waals surface area (Å²) < 4.78 is 4.95. The predicted octanol–water partition coefficient (Wildman–Crippen LogP) is -0.344. The van der Waals surface area contributed by atoms with Gasteiger partial charge in [-0.3, -0.25) is 19.9 Å². The number of carboxylic acid groups (broad SMARTS) is 1. The Hall–Kier alpha value is -2.36. The van der Waals surface area contributed by atoms with Crippen molar-refractivity contribution < 1.29 is 24.2 Å². The SMILES string of the molecule is CCOC(=O)NC(=NC[C@@H]1[C@H]2CN[C@H](C(=O)NCC(=O)O)[C@@H]12)NC1CCCC1. The lowest BCUT2D eigenvalue weighted by atomic mass is 10.1. The van der Waals surface area contributed by atoms with Gasteiger partial charge in [-0.2, -0.15) is 0 Å². The number of rotatable bonds is 7. The van der Waals surface area contributed by atoms with Crippen LogP contribution in [0.25, 0.3) is 0 Å². The Morgan fingerprint density at radius 1 is 1.25 bits per heavy atom. The fourth-order valence-electron chi connectivity index (χ4n) is 4.30. The first-order valence-electron chi connectivity index (χ1n) is 9.97.